The van der Waals surface area contributed by atoms with Gasteiger partial charge in [0.2, 0.25) is 10.0 Å². The Bertz CT molecular complexity index is 1310. The van der Waals surface area contributed by atoms with Gasteiger partial charge in [0.25, 0.3) is 5.91 Å². The highest BCUT2D eigenvalue weighted by atomic mass is 32.2. The lowest BCUT2D eigenvalue weighted by Gasteiger charge is -2.42. The predicted octanol–water partition coefficient (Wildman–Crippen LogP) is 1.28. The smallest absolute Gasteiger partial charge is 0.319 e. The van der Waals surface area contributed by atoms with Crippen LogP contribution in [0.1, 0.15) is 43.1 Å². The Balaban J connectivity index is 1.56. The summed E-state index contributed by atoms with van der Waals surface area (Å²) in [6.07, 6.45) is 3.53. The summed E-state index contributed by atoms with van der Waals surface area (Å²) in [7, 11) is -0.628. The molecule has 0 bridgehead atoms. The Morgan fingerprint density at radius 1 is 1.17 bits per heavy atom. The van der Waals surface area contributed by atoms with Crippen LogP contribution in [0.25, 0.3) is 5.65 Å². The highest BCUT2D eigenvalue weighted by molar-refractivity contribution is 7.89. The molecule has 1 saturated heterocycles. The van der Waals surface area contributed by atoms with Gasteiger partial charge in [-0.2, -0.15) is 4.31 Å². The number of urea groups is 1. The maximum atomic E-state index is 14.0. The number of nitrogens with zero attached hydrogens (tertiary/aromatic N) is 6. The van der Waals surface area contributed by atoms with Gasteiger partial charge in [-0.25, -0.2) is 22.6 Å². The molecule has 0 atom stereocenters. The van der Waals surface area contributed by atoms with Gasteiger partial charge in [-0.1, -0.05) is 0 Å². The molecule has 3 aliphatic rings. The molecule has 2 aromatic heterocycles. The van der Waals surface area contributed by atoms with Crippen LogP contribution in [-0.2, 0) is 10.0 Å². The van der Waals surface area contributed by atoms with Crippen LogP contribution in [0.15, 0.2) is 23.4 Å². The molecule has 196 valence electrons. The number of rotatable bonds is 6. The summed E-state index contributed by atoms with van der Waals surface area (Å²) in [6, 6.07) is 1.10. The molecule has 13 heteroatoms. The Labute approximate surface area is 209 Å². The van der Waals surface area contributed by atoms with Crippen LogP contribution >= 0.6 is 0 Å². The van der Waals surface area contributed by atoms with E-state index in [1.807, 2.05) is 11.8 Å². The lowest BCUT2D eigenvalue weighted by molar-refractivity contribution is 0.0808. The molecule has 3 amide bonds. The van der Waals surface area contributed by atoms with Crippen LogP contribution < -0.4 is 10.6 Å². The first-order valence-corrected chi connectivity index (χ1v) is 13.6. The van der Waals surface area contributed by atoms with Crippen LogP contribution in [0.5, 0.6) is 0 Å². The lowest BCUT2D eigenvalue weighted by atomic mass is 9.90. The van der Waals surface area contributed by atoms with Gasteiger partial charge in [0, 0.05) is 58.1 Å². The minimum absolute atomic E-state index is 0.00716. The van der Waals surface area contributed by atoms with Gasteiger partial charge >= 0.3 is 6.03 Å². The van der Waals surface area contributed by atoms with Crippen molar-refractivity contribution in [3.05, 3.63) is 24.2 Å². The number of hydrogen-bond acceptors (Lipinski definition) is 6. The number of imidazole rings is 1. The highest BCUT2D eigenvalue weighted by Gasteiger charge is 2.55. The number of amides is 3. The molecule has 3 fully saturated rings. The molecule has 0 unspecified atom stereocenters. The molecule has 2 N–H and O–H groups in total. The first-order valence-electron chi connectivity index (χ1n) is 12.1. The molecule has 5 rings (SSSR count). The summed E-state index contributed by atoms with van der Waals surface area (Å²) in [4.78, 5) is 34.1. The molecule has 2 aromatic rings. The molecule has 36 heavy (non-hydrogen) atoms. The number of nitrogens with two attached hydrogens (primary N) is 1. The van der Waals surface area contributed by atoms with Crippen molar-refractivity contribution in [1.29, 1.82) is 0 Å². The summed E-state index contributed by atoms with van der Waals surface area (Å²) in [5.41, 5.74) is 6.04. The summed E-state index contributed by atoms with van der Waals surface area (Å²) in [6.45, 7) is 3.72. The number of alkyl halides is 1. The van der Waals surface area contributed by atoms with Crippen molar-refractivity contribution >= 4 is 33.3 Å². The van der Waals surface area contributed by atoms with Gasteiger partial charge in [-0.05, 0) is 38.7 Å². The number of carbonyl (C=O) groups excluding carboxylic acids is 2. The van der Waals surface area contributed by atoms with Gasteiger partial charge in [-0.15, -0.1) is 0 Å². The zero-order valence-electron chi connectivity index (χ0n) is 20.7. The summed E-state index contributed by atoms with van der Waals surface area (Å²) in [5, 5.41) is 0. The predicted molar refractivity (Wildman–Crippen MR) is 131 cm³/mol. The van der Waals surface area contributed by atoms with Crippen molar-refractivity contribution in [3.8, 4) is 0 Å². The zero-order valence-corrected chi connectivity index (χ0v) is 21.5. The molecular formula is C23H32FN7O4S. The first kappa shape index (κ1) is 24.8. The molecule has 0 spiro atoms. The van der Waals surface area contributed by atoms with Gasteiger partial charge in [0.05, 0.1) is 11.9 Å². The Kier molecular flexibility index (Phi) is 5.90. The molecule has 1 aliphatic heterocycles. The van der Waals surface area contributed by atoms with E-state index in [9.17, 15) is 22.4 Å². The van der Waals surface area contributed by atoms with Gasteiger partial charge in [-0.3, -0.25) is 9.20 Å². The minimum Gasteiger partial charge on any atom is -0.365 e. The van der Waals surface area contributed by atoms with Crippen molar-refractivity contribution in [2.45, 2.75) is 55.3 Å². The van der Waals surface area contributed by atoms with E-state index in [-0.39, 0.29) is 29.5 Å². The fraction of sp³-hybridized carbons (Fsp3) is 0.609. The normalized spacial score (nSPS) is 23.6. The third-order valence-corrected chi connectivity index (χ3v) is 9.61. The van der Waals surface area contributed by atoms with E-state index < -0.39 is 33.7 Å². The summed E-state index contributed by atoms with van der Waals surface area (Å²) in [5.74, 6) is -0.727. The quantitative estimate of drug-likeness (QED) is 0.611. The average Bonchev–Trinajstić information content (AvgIpc) is 3.38. The van der Waals surface area contributed by atoms with Crippen molar-refractivity contribution in [1.82, 2.24) is 23.5 Å². The maximum Gasteiger partial charge on any atom is 0.319 e. The number of primary amides is 1. The van der Waals surface area contributed by atoms with Crippen molar-refractivity contribution in [2.24, 2.45) is 5.73 Å². The van der Waals surface area contributed by atoms with E-state index in [1.54, 1.807) is 25.1 Å². The van der Waals surface area contributed by atoms with Crippen molar-refractivity contribution in [3.63, 3.8) is 0 Å². The maximum absolute atomic E-state index is 14.0. The lowest BCUT2D eigenvalue weighted by Crippen LogP contribution is -2.53. The zero-order chi connectivity index (χ0) is 26.0. The van der Waals surface area contributed by atoms with E-state index in [0.29, 0.717) is 50.4 Å². The Hall–Kier alpha value is -2.93. The summed E-state index contributed by atoms with van der Waals surface area (Å²) < 4.78 is 44.7. The van der Waals surface area contributed by atoms with Crippen molar-refractivity contribution in [2.75, 3.05) is 45.2 Å². The molecule has 11 nitrogen and oxygen atoms in total. The topological polar surface area (TPSA) is 125 Å². The number of hydrogen-bond donors (Lipinski definition) is 1. The Morgan fingerprint density at radius 2 is 1.81 bits per heavy atom. The van der Waals surface area contributed by atoms with E-state index in [0.717, 1.165) is 0 Å². The van der Waals surface area contributed by atoms with Crippen molar-refractivity contribution < 1.29 is 22.4 Å². The first-order chi connectivity index (χ1) is 16.9. The molecular weight excluding hydrogens is 489 g/mol. The SMILES string of the molecule is CN(C)C(=O)N1CCN(c2cc(S(=O)(=O)N(C3CC(F)C3)C3(C)CC3)cn3c(C(N)=O)cnc23)CC1. The van der Waals surface area contributed by atoms with E-state index >= 15 is 0 Å². The van der Waals surface area contributed by atoms with E-state index in [4.69, 9.17) is 5.73 Å². The second-order valence-electron chi connectivity index (χ2n) is 10.4. The fourth-order valence-electron chi connectivity index (χ4n) is 5.18. The van der Waals surface area contributed by atoms with Crippen LogP contribution in [0, 0.1) is 0 Å². The number of fused-ring (bicyclic) bond motifs is 1. The third-order valence-electron chi connectivity index (χ3n) is 7.54. The van der Waals surface area contributed by atoms with Gasteiger partial charge < -0.3 is 20.4 Å². The van der Waals surface area contributed by atoms with Crippen LogP contribution in [-0.4, -0.2) is 102 Å². The number of piperazine rings is 1. The largest absolute Gasteiger partial charge is 0.365 e. The molecule has 0 aromatic carbocycles. The van der Waals surface area contributed by atoms with Crippen LogP contribution in [0.3, 0.4) is 0 Å². The van der Waals surface area contributed by atoms with Gasteiger partial charge in [0.1, 0.15) is 16.8 Å². The number of sulfonamides is 1. The second kappa shape index (κ2) is 8.58. The van der Waals surface area contributed by atoms with E-state index in [1.165, 1.54) is 26.0 Å². The highest BCUT2D eigenvalue weighted by Crippen LogP contribution is 2.49. The standard InChI is InChI=1S/C23H32FN7O4S/c1-23(4-5-23)31(16-10-15(24)11-16)36(34,35)17-12-18(21-26-13-19(20(25)32)30(21)14-17)28-6-8-29(9-7-28)22(33)27(2)3/h12-16H,4-11H2,1-3H3,(H2,25,32). The fourth-order valence-corrected chi connectivity index (χ4v) is 7.23. The number of aromatic nitrogens is 2. The molecule has 2 saturated carbocycles. The average molecular weight is 522 g/mol. The van der Waals surface area contributed by atoms with E-state index in [2.05, 4.69) is 4.98 Å². The van der Waals surface area contributed by atoms with Crippen LogP contribution in [0.4, 0.5) is 14.9 Å². The number of anilines is 1. The second-order valence-corrected chi connectivity index (χ2v) is 12.2. The number of halogens is 1. The summed E-state index contributed by atoms with van der Waals surface area (Å²) >= 11 is 0. The molecule has 2 aliphatic carbocycles. The molecule has 0 radical (unpaired) electrons. The monoisotopic (exact) mass is 521 g/mol. The number of carbonyl (C=O) groups is 2. The molecule has 3 heterocycles. The van der Waals surface area contributed by atoms with Gasteiger partial charge in [0.15, 0.2) is 5.65 Å². The van der Waals surface area contributed by atoms with Crippen LogP contribution in [0.2, 0.25) is 0 Å². The number of pyridine rings is 1. The third kappa shape index (κ3) is 4.07. The Morgan fingerprint density at radius 3 is 2.33 bits per heavy atom. The minimum atomic E-state index is -4.02.